The van der Waals surface area contributed by atoms with Crippen LogP contribution in [-0.2, 0) is 19.0 Å². The first-order valence-corrected chi connectivity index (χ1v) is 7.02. The summed E-state index contributed by atoms with van der Waals surface area (Å²) >= 11 is 0. The number of esters is 1. The molecule has 0 aliphatic rings. The van der Waals surface area contributed by atoms with Gasteiger partial charge in [-0.3, -0.25) is 0 Å². The SMILES string of the molecule is CCOC(CNc1ccc(/C=C/C(=O)OC)cc1)OCC. The summed E-state index contributed by atoms with van der Waals surface area (Å²) in [5, 5.41) is 3.25. The smallest absolute Gasteiger partial charge is 0.330 e. The average Bonchev–Trinajstić information content (AvgIpc) is 2.51. The zero-order chi connectivity index (χ0) is 15.5. The Morgan fingerprint density at radius 2 is 1.81 bits per heavy atom. The first-order chi connectivity index (χ1) is 10.2. The zero-order valence-corrected chi connectivity index (χ0v) is 12.8. The Morgan fingerprint density at radius 3 is 2.33 bits per heavy atom. The van der Waals surface area contributed by atoms with Crippen LogP contribution in [0.2, 0.25) is 0 Å². The molecule has 21 heavy (non-hydrogen) atoms. The molecule has 1 aromatic rings. The highest BCUT2D eigenvalue weighted by molar-refractivity contribution is 5.86. The third-order valence-corrected chi connectivity index (χ3v) is 2.70. The Kier molecular flexibility index (Phi) is 8.16. The lowest BCUT2D eigenvalue weighted by Crippen LogP contribution is -2.26. The molecule has 0 radical (unpaired) electrons. The Hall–Kier alpha value is -1.85. The second kappa shape index (κ2) is 9.96. The number of methoxy groups -OCH3 is 1. The number of anilines is 1. The van der Waals surface area contributed by atoms with E-state index < -0.39 is 0 Å². The van der Waals surface area contributed by atoms with Crippen molar-refractivity contribution in [2.45, 2.75) is 20.1 Å². The number of hydrogen-bond donors (Lipinski definition) is 1. The Morgan fingerprint density at radius 1 is 1.19 bits per heavy atom. The molecule has 0 unspecified atom stereocenters. The summed E-state index contributed by atoms with van der Waals surface area (Å²) in [6.07, 6.45) is 2.85. The topological polar surface area (TPSA) is 56.8 Å². The number of benzene rings is 1. The lowest BCUT2D eigenvalue weighted by molar-refractivity contribution is -0.134. The highest BCUT2D eigenvalue weighted by Crippen LogP contribution is 2.11. The highest BCUT2D eigenvalue weighted by Gasteiger charge is 2.06. The summed E-state index contributed by atoms with van der Waals surface area (Å²) in [6, 6.07) is 7.70. The van der Waals surface area contributed by atoms with Crippen LogP contribution in [0.5, 0.6) is 0 Å². The lowest BCUT2D eigenvalue weighted by Gasteiger charge is -2.18. The molecule has 0 aliphatic carbocycles. The van der Waals surface area contributed by atoms with Crippen LogP contribution in [0.25, 0.3) is 6.08 Å². The fourth-order valence-corrected chi connectivity index (χ4v) is 1.68. The minimum atomic E-state index is -0.367. The van der Waals surface area contributed by atoms with Gasteiger partial charge in [0, 0.05) is 25.0 Å². The van der Waals surface area contributed by atoms with Crippen molar-refractivity contribution in [3.8, 4) is 0 Å². The Labute approximate surface area is 125 Å². The molecular weight excluding hydrogens is 270 g/mol. The molecule has 0 heterocycles. The fraction of sp³-hybridized carbons (Fsp3) is 0.438. The maximum absolute atomic E-state index is 11.0. The molecule has 1 rings (SSSR count). The van der Waals surface area contributed by atoms with Crippen LogP contribution >= 0.6 is 0 Å². The van der Waals surface area contributed by atoms with Crippen LogP contribution in [0.3, 0.4) is 0 Å². The molecule has 0 saturated heterocycles. The van der Waals surface area contributed by atoms with E-state index in [1.807, 2.05) is 38.1 Å². The maximum Gasteiger partial charge on any atom is 0.330 e. The first-order valence-electron chi connectivity index (χ1n) is 7.02. The van der Waals surface area contributed by atoms with Gasteiger partial charge in [-0.2, -0.15) is 0 Å². The van der Waals surface area contributed by atoms with E-state index >= 15 is 0 Å². The fourth-order valence-electron chi connectivity index (χ4n) is 1.68. The highest BCUT2D eigenvalue weighted by atomic mass is 16.7. The van der Waals surface area contributed by atoms with Crippen LogP contribution < -0.4 is 5.32 Å². The molecule has 0 fully saturated rings. The van der Waals surface area contributed by atoms with Crippen molar-refractivity contribution in [3.05, 3.63) is 35.9 Å². The van der Waals surface area contributed by atoms with E-state index in [0.717, 1.165) is 11.3 Å². The van der Waals surface area contributed by atoms with E-state index in [4.69, 9.17) is 9.47 Å². The molecule has 0 bridgehead atoms. The van der Waals surface area contributed by atoms with Crippen LogP contribution in [0.1, 0.15) is 19.4 Å². The van der Waals surface area contributed by atoms with Crippen molar-refractivity contribution in [2.75, 3.05) is 32.2 Å². The van der Waals surface area contributed by atoms with Crippen molar-refractivity contribution in [2.24, 2.45) is 0 Å². The number of ether oxygens (including phenoxy) is 3. The van der Waals surface area contributed by atoms with Crippen LogP contribution in [-0.4, -0.2) is 39.1 Å². The lowest BCUT2D eigenvalue weighted by atomic mass is 10.2. The predicted molar refractivity (Wildman–Crippen MR) is 83.0 cm³/mol. The molecule has 1 aromatic carbocycles. The minimum Gasteiger partial charge on any atom is -0.466 e. The third kappa shape index (κ3) is 6.92. The Bertz CT molecular complexity index is 436. The number of nitrogens with one attached hydrogen (secondary N) is 1. The summed E-state index contributed by atoms with van der Waals surface area (Å²) in [5.74, 6) is -0.367. The van der Waals surface area contributed by atoms with E-state index in [9.17, 15) is 4.79 Å². The van der Waals surface area contributed by atoms with Gasteiger partial charge in [0.1, 0.15) is 0 Å². The molecule has 5 nitrogen and oxygen atoms in total. The van der Waals surface area contributed by atoms with Crippen LogP contribution in [0.4, 0.5) is 5.69 Å². The molecule has 0 aromatic heterocycles. The second-order valence-electron chi connectivity index (χ2n) is 4.20. The zero-order valence-electron chi connectivity index (χ0n) is 12.8. The van der Waals surface area contributed by atoms with Crippen molar-refractivity contribution in [3.63, 3.8) is 0 Å². The second-order valence-corrected chi connectivity index (χ2v) is 4.20. The van der Waals surface area contributed by atoms with Crippen molar-refractivity contribution >= 4 is 17.7 Å². The molecule has 0 atom stereocenters. The molecule has 116 valence electrons. The van der Waals surface area contributed by atoms with Crippen molar-refractivity contribution in [1.29, 1.82) is 0 Å². The number of carbonyl (C=O) groups is 1. The van der Waals surface area contributed by atoms with Gasteiger partial charge in [0.25, 0.3) is 0 Å². The van der Waals surface area contributed by atoms with Gasteiger partial charge < -0.3 is 19.5 Å². The maximum atomic E-state index is 11.0. The molecule has 1 N–H and O–H groups in total. The summed E-state index contributed by atoms with van der Waals surface area (Å²) in [4.78, 5) is 11.0. The number of rotatable bonds is 9. The van der Waals surface area contributed by atoms with Gasteiger partial charge in [-0.25, -0.2) is 4.79 Å². The summed E-state index contributed by atoms with van der Waals surface area (Å²) in [5.41, 5.74) is 1.90. The molecular formula is C16H23NO4. The average molecular weight is 293 g/mol. The monoisotopic (exact) mass is 293 g/mol. The van der Waals surface area contributed by atoms with E-state index in [1.165, 1.54) is 13.2 Å². The minimum absolute atomic E-state index is 0.251. The van der Waals surface area contributed by atoms with Crippen LogP contribution in [0.15, 0.2) is 30.3 Å². The van der Waals surface area contributed by atoms with Gasteiger partial charge in [0.15, 0.2) is 6.29 Å². The summed E-state index contributed by atoms with van der Waals surface area (Å²) in [6.45, 7) is 5.69. The predicted octanol–water partition coefficient (Wildman–Crippen LogP) is 2.68. The van der Waals surface area contributed by atoms with Crippen LogP contribution in [0, 0.1) is 0 Å². The van der Waals surface area contributed by atoms with E-state index in [1.54, 1.807) is 6.08 Å². The quantitative estimate of drug-likeness (QED) is 0.431. The number of carbonyl (C=O) groups excluding carboxylic acids is 1. The molecule has 5 heteroatoms. The largest absolute Gasteiger partial charge is 0.466 e. The van der Waals surface area contributed by atoms with Gasteiger partial charge in [-0.05, 0) is 37.6 Å². The van der Waals surface area contributed by atoms with Gasteiger partial charge in [0.2, 0.25) is 0 Å². The van der Waals surface area contributed by atoms with Gasteiger partial charge >= 0.3 is 5.97 Å². The van der Waals surface area contributed by atoms with E-state index in [2.05, 4.69) is 10.1 Å². The van der Waals surface area contributed by atoms with Gasteiger partial charge in [-0.1, -0.05) is 12.1 Å². The molecule has 0 amide bonds. The first kappa shape index (κ1) is 17.2. The van der Waals surface area contributed by atoms with Gasteiger partial charge in [0.05, 0.1) is 13.7 Å². The molecule has 0 aliphatic heterocycles. The molecule has 0 saturated carbocycles. The molecule has 0 spiro atoms. The summed E-state index contributed by atoms with van der Waals surface area (Å²) in [7, 11) is 1.35. The number of hydrogen-bond acceptors (Lipinski definition) is 5. The third-order valence-electron chi connectivity index (χ3n) is 2.70. The van der Waals surface area contributed by atoms with E-state index in [0.29, 0.717) is 19.8 Å². The van der Waals surface area contributed by atoms with E-state index in [-0.39, 0.29) is 12.3 Å². The normalized spacial score (nSPS) is 11.0. The van der Waals surface area contributed by atoms with Gasteiger partial charge in [-0.15, -0.1) is 0 Å². The standard InChI is InChI=1S/C16H23NO4/c1-4-20-16(21-5-2)12-17-14-9-6-13(7-10-14)8-11-15(18)19-3/h6-11,16-17H,4-5,12H2,1-3H3/b11-8+. The Balaban J connectivity index is 2.50. The van der Waals surface area contributed by atoms with Crippen molar-refractivity contribution in [1.82, 2.24) is 0 Å². The van der Waals surface area contributed by atoms with Crippen molar-refractivity contribution < 1.29 is 19.0 Å². The summed E-state index contributed by atoms with van der Waals surface area (Å²) < 4.78 is 15.5.